The molecule has 0 aromatic heterocycles. The van der Waals surface area contributed by atoms with Crippen LogP contribution in [0.3, 0.4) is 0 Å². The number of rotatable bonds is 11. The third-order valence-electron chi connectivity index (χ3n) is 4.71. The first-order valence-corrected chi connectivity index (χ1v) is 10.7. The predicted octanol–water partition coefficient (Wildman–Crippen LogP) is 3.56. The summed E-state index contributed by atoms with van der Waals surface area (Å²) in [6.07, 6.45) is 1.46. The van der Waals surface area contributed by atoms with E-state index in [1.54, 1.807) is 42.5 Å². The zero-order valence-corrected chi connectivity index (χ0v) is 19.7. The highest BCUT2D eigenvalue weighted by molar-refractivity contribution is 5.92. The Morgan fingerprint density at radius 1 is 0.800 bits per heavy atom. The van der Waals surface area contributed by atoms with Crippen LogP contribution in [-0.4, -0.2) is 45.5 Å². The van der Waals surface area contributed by atoms with Gasteiger partial charge in [-0.05, 0) is 55.0 Å². The molecule has 0 saturated carbocycles. The van der Waals surface area contributed by atoms with Crippen molar-refractivity contribution >= 4 is 23.7 Å². The number of carbonyl (C=O) groups is 2. The molecule has 9 nitrogen and oxygen atoms in total. The zero-order chi connectivity index (χ0) is 25.0. The van der Waals surface area contributed by atoms with Gasteiger partial charge in [0.2, 0.25) is 0 Å². The number of hydrazone groups is 1. The van der Waals surface area contributed by atoms with Crippen LogP contribution < -0.4 is 29.7 Å². The van der Waals surface area contributed by atoms with Gasteiger partial charge >= 0.3 is 0 Å². The van der Waals surface area contributed by atoms with E-state index in [-0.39, 0.29) is 19.1 Å². The Kier molecular flexibility index (Phi) is 9.07. The molecule has 35 heavy (non-hydrogen) atoms. The highest BCUT2D eigenvalue weighted by Crippen LogP contribution is 2.28. The van der Waals surface area contributed by atoms with Gasteiger partial charge in [0.05, 0.1) is 20.4 Å². The lowest BCUT2D eigenvalue weighted by Gasteiger charge is -2.11. The summed E-state index contributed by atoms with van der Waals surface area (Å²) in [6, 6.07) is 19.6. The standard InChI is InChI=1S/C26H27N3O6/c1-18-8-11-20(12-9-18)28-25(30)16-34-23-13-10-19(14-24(23)33-3)15-27-29-26(31)17-35-22-7-5-4-6-21(22)32-2/h4-15H,16-17H2,1-3H3,(H,28,30)(H,29,31)/b27-15-. The molecule has 0 heterocycles. The number of para-hydroxylation sites is 2. The summed E-state index contributed by atoms with van der Waals surface area (Å²) in [4.78, 5) is 24.2. The van der Waals surface area contributed by atoms with Gasteiger partial charge in [-0.3, -0.25) is 9.59 Å². The van der Waals surface area contributed by atoms with Gasteiger partial charge in [-0.15, -0.1) is 0 Å². The minimum Gasteiger partial charge on any atom is -0.493 e. The monoisotopic (exact) mass is 477 g/mol. The van der Waals surface area contributed by atoms with Crippen LogP contribution in [0, 0.1) is 6.92 Å². The normalized spacial score (nSPS) is 10.5. The summed E-state index contributed by atoms with van der Waals surface area (Å²) in [5, 5.41) is 6.70. The largest absolute Gasteiger partial charge is 0.493 e. The molecule has 0 unspecified atom stereocenters. The van der Waals surface area contributed by atoms with E-state index in [1.165, 1.54) is 20.4 Å². The third-order valence-corrected chi connectivity index (χ3v) is 4.71. The Morgan fingerprint density at radius 3 is 2.11 bits per heavy atom. The molecule has 182 valence electrons. The van der Waals surface area contributed by atoms with Crippen molar-refractivity contribution in [3.63, 3.8) is 0 Å². The van der Waals surface area contributed by atoms with Gasteiger partial charge in [0.1, 0.15) is 0 Å². The van der Waals surface area contributed by atoms with E-state index in [0.29, 0.717) is 34.2 Å². The van der Waals surface area contributed by atoms with Crippen molar-refractivity contribution in [3.05, 3.63) is 77.9 Å². The van der Waals surface area contributed by atoms with Gasteiger partial charge in [-0.1, -0.05) is 29.8 Å². The summed E-state index contributed by atoms with van der Waals surface area (Å²) in [5.41, 5.74) is 4.85. The molecule has 9 heteroatoms. The van der Waals surface area contributed by atoms with E-state index in [2.05, 4.69) is 15.8 Å². The lowest BCUT2D eigenvalue weighted by atomic mass is 10.2. The number of carbonyl (C=O) groups excluding carboxylic acids is 2. The van der Waals surface area contributed by atoms with Crippen molar-refractivity contribution in [2.24, 2.45) is 5.10 Å². The number of amides is 2. The van der Waals surface area contributed by atoms with Crippen LogP contribution in [0.15, 0.2) is 71.8 Å². The topological polar surface area (TPSA) is 107 Å². The molecule has 0 aliphatic heterocycles. The number of anilines is 1. The first-order chi connectivity index (χ1) is 17.0. The maximum atomic E-state index is 12.2. The first kappa shape index (κ1) is 25.1. The lowest BCUT2D eigenvalue weighted by Crippen LogP contribution is -2.24. The molecule has 2 amide bonds. The van der Waals surface area contributed by atoms with Gasteiger partial charge in [0, 0.05) is 5.69 Å². The Labute approximate surface area is 203 Å². The predicted molar refractivity (Wildman–Crippen MR) is 133 cm³/mol. The van der Waals surface area contributed by atoms with Gasteiger partial charge in [0.25, 0.3) is 11.8 Å². The highest BCUT2D eigenvalue weighted by atomic mass is 16.5. The third kappa shape index (κ3) is 7.78. The van der Waals surface area contributed by atoms with E-state index in [0.717, 1.165) is 5.56 Å². The molecule has 0 aliphatic rings. The summed E-state index contributed by atoms with van der Waals surface area (Å²) in [5.74, 6) is 1.09. The number of methoxy groups -OCH3 is 2. The van der Waals surface area contributed by atoms with Crippen LogP contribution in [-0.2, 0) is 9.59 Å². The Hall–Kier alpha value is -4.53. The molecule has 0 saturated heterocycles. The van der Waals surface area contributed by atoms with E-state index in [9.17, 15) is 9.59 Å². The van der Waals surface area contributed by atoms with Gasteiger partial charge < -0.3 is 24.3 Å². The van der Waals surface area contributed by atoms with Gasteiger partial charge in [0.15, 0.2) is 36.2 Å². The Balaban J connectivity index is 1.49. The summed E-state index contributed by atoms with van der Waals surface area (Å²) in [7, 11) is 3.02. The van der Waals surface area contributed by atoms with Crippen molar-refractivity contribution in [1.29, 1.82) is 0 Å². The van der Waals surface area contributed by atoms with E-state index in [1.807, 2.05) is 31.2 Å². The summed E-state index contributed by atoms with van der Waals surface area (Å²) >= 11 is 0. The van der Waals surface area contributed by atoms with Crippen LogP contribution in [0.4, 0.5) is 5.69 Å². The molecule has 0 bridgehead atoms. The Morgan fingerprint density at radius 2 is 1.43 bits per heavy atom. The fourth-order valence-corrected chi connectivity index (χ4v) is 2.95. The number of ether oxygens (including phenoxy) is 4. The van der Waals surface area contributed by atoms with Crippen LogP contribution in [0.1, 0.15) is 11.1 Å². The maximum absolute atomic E-state index is 12.2. The molecule has 3 rings (SSSR count). The van der Waals surface area contributed by atoms with Crippen LogP contribution in [0.25, 0.3) is 0 Å². The molecule has 0 radical (unpaired) electrons. The summed E-state index contributed by atoms with van der Waals surface area (Å²) < 4.78 is 21.6. The fraction of sp³-hybridized carbons (Fsp3) is 0.192. The second-order valence-corrected chi connectivity index (χ2v) is 7.35. The number of hydrogen-bond donors (Lipinski definition) is 2. The van der Waals surface area contributed by atoms with E-state index in [4.69, 9.17) is 18.9 Å². The van der Waals surface area contributed by atoms with Crippen LogP contribution in [0.2, 0.25) is 0 Å². The molecule has 3 aromatic rings. The minimum absolute atomic E-state index is 0.181. The first-order valence-electron chi connectivity index (χ1n) is 10.7. The quantitative estimate of drug-likeness (QED) is 0.323. The van der Waals surface area contributed by atoms with Crippen LogP contribution in [0.5, 0.6) is 23.0 Å². The minimum atomic E-state index is -0.432. The average molecular weight is 478 g/mol. The lowest BCUT2D eigenvalue weighted by molar-refractivity contribution is -0.123. The van der Waals surface area contributed by atoms with E-state index < -0.39 is 5.91 Å². The van der Waals surface area contributed by atoms with Crippen molar-refractivity contribution in [1.82, 2.24) is 5.43 Å². The smallest absolute Gasteiger partial charge is 0.277 e. The van der Waals surface area contributed by atoms with E-state index >= 15 is 0 Å². The number of nitrogens with one attached hydrogen (secondary N) is 2. The molecule has 0 fully saturated rings. The summed E-state index contributed by atoms with van der Waals surface area (Å²) in [6.45, 7) is 1.57. The SMILES string of the molecule is COc1ccccc1OCC(=O)N/N=C\c1ccc(OCC(=O)Nc2ccc(C)cc2)c(OC)c1. The Bertz CT molecular complexity index is 1180. The number of hydrogen-bond acceptors (Lipinski definition) is 7. The fourth-order valence-electron chi connectivity index (χ4n) is 2.95. The molecule has 3 aromatic carbocycles. The molecular weight excluding hydrogens is 450 g/mol. The zero-order valence-electron chi connectivity index (χ0n) is 19.7. The van der Waals surface area contributed by atoms with Crippen LogP contribution >= 0.6 is 0 Å². The molecule has 0 spiro atoms. The van der Waals surface area contributed by atoms with Crippen molar-refractivity contribution in [2.75, 3.05) is 32.8 Å². The molecule has 0 atom stereocenters. The number of benzene rings is 3. The molecular formula is C26H27N3O6. The van der Waals surface area contributed by atoms with Crippen molar-refractivity contribution in [2.45, 2.75) is 6.92 Å². The van der Waals surface area contributed by atoms with Gasteiger partial charge in [-0.25, -0.2) is 5.43 Å². The highest BCUT2D eigenvalue weighted by Gasteiger charge is 2.09. The average Bonchev–Trinajstić information content (AvgIpc) is 2.88. The maximum Gasteiger partial charge on any atom is 0.277 e. The van der Waals surface area contributed by atoms with Gasteiger partial charge in [-0.2, -0.15) is 5.10 Å². The van der Waals surface area contributed by atoms with Crippen molar-refractivity contribution in [3.8, 4) is 23.0 Å². The molecule has 2 N–H and O–H groups in total. The number of aryl methyl sites for hydroxylation is 1. The second-order valence-electron chi connectivity index (χ2n) is 7.35. The molecule has 0 aliphatic carbocycles. The van der Waals surface area contributed by atoms with Crippen molar-refractivity contribution < 1.29 is 28.5 Å². The second kappa shape index (κ2) is 12.6. The number of nitrogens with zero attached hydrogens (tertiary/aromatic N) is 1.